The van der Waals surface area contributed by atoms with Gasteiger partial charge in [-0.05, 0) is 30.5 Å². The smallest absolute Gasteiger partial charge is 0.307 e. The molecule has 1 aliphatic rings. The van der Waals surface area contributed by atoms with E-state index in [-0.39, 0.29) is 24.5 Å². The Balaban J connectivity index is 1.65. The van der Waals surface area contributed by atoms with Gasteiger partial charge in [0.05, 0.1) is 18.5 Å². The van der Waals surface area contributed by atoms with Gasteiger partial charge in [-0.1, -0.05) is 30.3 Å². The van der Waals surface area contributed by atoms with Gasteiger partial charge in [-0.3, -0.25) is 9.59 Å². The Morgan fingerprint density at radius 3 is 2.52 bits per heavy atom. The van der Waals surface area contributed by atoms with E-state index in [4.69, 9.17) is 5.11 Å². The number of carbonyl (C=O) groups is 2. The van der Waals surface area contributed by atoms with Gasteiger partial charge in [0.15, 0.2) is 11.5 Å². The number of benzene rings is 1. The van der Waals surface area contributed by atoms with Crippen molar-refractivity contribution in [3.8, 4) is 11.3 Å². The standard InChI is InChI=1S/C19H17N3O3/c23-16(14-8-9-14)11-17-20-18-3-1-2-15(22(18)21-17)13-6-4-12(5-7-13)10-19(24)25/h1-7,14H,8-11H2,(H,24,25). The molecule has 25 heavy (non-hydrogen) atoms. The van der Waals surface area contributed by atoms with Crippen LogP contribution < -0.4 is 0 Å². The molecule has 126 valence electrons. The van der Waals surface area contributed by atoms with E-state index in [1.54, 1.807) is 16.6 Å². The van der Waals surface area contributed by atoms with Crippen LogP contribution in [0.3, 0.4) is 0 Å². The Hall–Kier alpha value is -3.02. The number of hydrogen-bond acceptors (Lipinski definition) is 4. The summed E-state index contributed by atoms with van der Waals surface area (Å²) in [6, 6.07) is 13.1. The van der Waals surface area contributed by atoms with Crippen molar-refractivity contribution in [1.82, 2.24) is 14.6 Å². The molecule has 0 radical (unpaired) electrons. The van der Waals surface area contributed by atoms with Crippen LogP contribution in [-0.2, 0) is 22.4 Å². The van der Waals surface area contributed by atoms with Crippen LogP contribution >= 0.6 is 0 Å². The van der Waals surface area contributed by atoms with E-state index in [0.717, 1.165) is 29.7 Å². The third-order valence-corrected chi connectivity index (χ3v) is 4.37. The molecule has 2 aromatic heterocycles. The van der Waals surface area contributed by atoms with Crippen LogP contribution in [0.4, 0.5) is 0 Å². The molecule has 6 heteroatoms. The van der Waals surface area contributed by atoms with Crippen molar-refractivity contribution >= 4 is 17.4 Å². The van der Waals surface area contributed by atoms with Crippen molar-refractivity contribution in [1.29, 1.82) is 0 Å². The average molecular weight is 335 g/mol. The van der Waals surface area contributed by atoms with Gasteiger partial charge in [0.1, 0.15) is 5.78 Å². The maximum Gasteiger partial charge on any atom is 0.307 e. The lowest BCUT2D eigenvalue weighted by molar-refractivity contribution is -0.136. The zero-order chi connectivity index (χ0) is 17.4. The molecule has 1 aromatic carbocycles. The largest absolute Gasteiger partial charge is 0.481 e. The summed E-state index contributed by atoms with van der Waals surface area (Å²) < 4.78 is 1.74. The molecule has 1 N–H and O–H groups in total. The highest BCUT2D eigenvalue weighted by atomic mass is 16.4. The molecular weight excluding hydrogens is 318 g/mol. The average Bonchev–Trinajstić information content (AvgIpc) is 3.35. The third kappa shape index (κ3) is 3.28. The van der Waals surface area contributed by atoms with Gasteiger partial charge in [0, 0.05) is 11.5 Å². The van der Waals surface area contributed by atoms with E-state index in [1.807, 2.05) is 30.3 Å². The fourth-order valence-corrected chi connectivity index (χ4v) is 2.92. The van der Waals surface area contributed by atoms with Crippen molar-refractivity contribution in [2.24, 2.45) is 5.92 Å². The van der Waals surface area contributed by atoms with Crippen LogP contribution in [0.2, 0.25) is 0 Å². The first-order chi connectivity index (χ1) is 12.1. The van der Waals surface area contributed by atoms with E-state index in [2.05, 4.69) is 10.1 Å². The number of aliphatic carboxylic acids is 1. The molecule has 4 rings (SSSR count). The number of aromatic nitrogens is 3. The lowest BCUT2D eigenvalue weighted by atomic mass is 10.1. The molecule has 2 heterocycles. The topological polar surface area (TPSA) is 84.6 Å². The second-order valence-electron chi connectivity index (χ2n) is 6.39. The van der Waals surface area contributed by atoms with Gasteiger partial charge in [-0.15, -0.1) is 0 Å². The zero-order valence-corrected chi connectivity index (χ0v) is 13.6. The number of carboxylic acids is 1. The quantitative estimate of drug-likeness (QED) is 0.748. The van der Waals surface area contributed by atoms with Crippen molar-refractivity contribution in [2.75, 3.05) is 0 Å². The lowest BCUT2D eigenvalue weighted by Gasteiger charge is -2.05. The summed E-state index contributed by atoms with van der Waals surface area (Å²) in [5.41, 5.74) is 3.23. The molecule has 0 spiro atoms. The zero-order valence-electron chi connectivity index (χ0n) is 13.6. The molecule has 0 unspecified atom stereocenters. The number of fused-ring (bicyclic) bond motifs is 1. The molecule has 0 saturated heterocycles. The number of Topliss-reactive ketones (excluding diaryl/α,β-unsaturated/α-hetero) is 1. The second kappa shape index (κ2) is 6.12. The molecule has 0 aliphatic heterocycles. The summed E-state index contributed by atoms with van der Waals surface area (Å²) >= 11 is 0. The van der Waals surface area contributed by atoms with Crippen molar-refractivity contribution in [3.05, 3.63) is 53.9 Å². The molecule has 3 aromatic rings. The SMILES string of the molecule is O=C(O)Cc1ccc(-c2cccc3nc(CC(=O)C4CC4)nn23)cc1. The van der Waals surface area contributed by atoms with Crippen LogP contribution in [-0.4, -0.2) is 31.5 Å². The van der Waals surface area contributed by atoms with Crippen LogP contribution in [0, 0.1) is 5.92 Å². The van der Waals surface area contributed by atoms with Crippen LogP contribution in [0.25, 0.3) is 16.9 Å². The predicted octanol–water partition coefficient (Wildman–Crippen LogP) is 2.55. The second-order valence-corrected chi connectivity index (χ2v) is 6.39. The number of ketones is 1. The van der Waals surface area contributed by atoms with Crippen LogP contribution in [0.15, 0.2) is 42.5 Å². The van der Waals surface area contributed by atoms with Crippen molar-refractivity contribution in [3.63, 3.8) is 0 Å². The Kier molecular flexibility index (Phi) is 3.80. The monoisotopic (exact) mass is 335 g/mol. The predicted molar refractivity (Wildman–Crippen MR) is 91.2 cm³/mol. The Labute approximate surface area is 144 Å². The van der Waals surface area contributed by atoms with E-state index in [9.17, 15) is 9.59 Å². The summed E-state index contributed by atoms with van der Waals surface area (Å²) in [6.07, 6.45) is 2.25. The minimum absolute atomic E-state index is 0.00122. The van der Waals surface area contributed by atoms with Crippen molar-refractivity contribution in [2.45, 2.75) is 25.7 Å². The highest BCUT2D eigenvalue weighted by Gasteiger charge is 2.30. The normalized spacial score (nSPS) is 13.9. The summed E-state index contributed by atoms with van der Waals surface area (Å²) in [7, 11) is 0. The Morgan fingerprint density at radius 1 is 1.08 bits per heavy atom. The number of hydrogen-bond donors (Lipinski definition) is 1. The van der Waals surface area contributed by atoms with Gasteiger partial charge in [0.2, 0.25) is 0 Å². The summed E-state index contributed by atoms with van der Waals surface area (Å²) in [4.78, 5) is 27.2. The van der Waals surface area contributed by atoms with Gasteiger partial charge in [-0.25, -0.2) is 9.50 Å². The van der Waals surface area contributed by atoms with Crippen LogP contribution in [0.1, 0.15) is 24.2 Å². The van der Waals surface area contributed by atoms with Gasteiger partial charge in [0.25, 0.3) is 0 Å². The molecule has 1 aliphatic carbocycles. The summed E-state index contributed by atoms with van der Waals surface area (Å²) in [5, 5.41) is 13.4. The van der Waals surface area contributed by atoms with Gasteiger partial charge < -0.3 is 5.11 Å². The fraction of sp³-hybridized carbons (Fsp3) is 0.263. The molecular formula is C19H17N3O3. The highest BCUT2D eigenvalue weighted by Crippen LogP contribution is 2.30. The van der Waals surface area contributed by atoms with Gasteiger partial charge >= 0.3 is 5.97 Å². The number of carbonyl (C=O) groups excluding carboxylic acids is 1. The van der Waals surface area contributed by atoms with Gasteiger partial charge in [-0.2, -0.15) is 5.10 Å². The van der Waals surface area contributed by atoms with E-state index >= 15 is 0 Å². The summed E-state index contributed by atoms with van der Waals surface area (Å²) in [6.45, 7) is 0. The maximum atomic E-state index is 12.0. The fourth-order valence-electron chi connectivity index (χ4n) is 2.92. The Morgan fingerprint density at radius 2 is 1.84 bits per heavy atom. The van der Waals surface area contributed by atoms with Crippen LogP contribution in [0.5, 0.6) is 0 Å². The number of carboxylic acid groups (broad SMARTS) is 1. The highest BCUT2D eigenvalue weighted by molar-refractivity contribution is 5.84. The third-order valence-electron chi connectivity index (χ3n) is 4.37. The minimum Gasteiger partial charge on any atom is -0.481 e. The first kappa shape index (κ1) is 15.5. The lowest BCUT2D eigenvalue weighted by Crippen LogP contribution is -2.06. The van der Waals surface area contributed by atoms with E-state index < -0.39 is 5.97 Å². The minimum atomic E-state index is -0.851. The van der Waals surface area contributed by atoms with E-state index in [0.29, 0.717) is 11.5 Å². The van der Waals surface area contributed by atoms with Crippen molar-refractivity contribution < 1.29 is 14.7 Å². The number of nitrogens with zero attached hydrogens (tertiary/aromatic N) is 3. The van der Waals surface area contributed by atoms with E-state index in [1.165, 1.54) is 0 Å². The first-order valence-corrected chi connectivity index (χ1v) is 8.28. The molecule has 1 saturated carbocycles. The number of pyridine rings is 1. The maximum absolute atomic E-state index is 12.0. The Bertz CT molecular complexity index is 956. The molecule has 0 atom stereocenters. The molecule has 6 nitrogen and oxygen atoms in total. The molecule has 1 fully saturated rings. The summed E-state index contributed by atoms with van der Waals surface area (Å²) in [5.74, 6) is 0.117. The number of rotatable bonds is 6. The molecule has 0 bridgehead atoms. The molecule has 0 amide bonds. The first-order valence-electron chi connectivity index (χ1n) is 8.28.